The number of aromatic nitrogens is 3. The highest BCUT2D eigenvalue weighted by Crippen LogP contribution is 2.51. The first-order valence-corrected chi connectivity index (χ1v) is 11.2. The maximum atomic E-state index is 14.0. The normalized spacial score (nSPS) is 27.2. The van der Waals surface area contributed by atoms with Crippen LogP contribution in [0.4, 0.5) is 19.1 Å². The lowest BCUT2D eigenvalue weighted by Gasteiger charge is -2.53. The molecule has 6 rings (SSSR count). The molecule has 7 nitrogen and oxygen atoms in total. The summed E-state index contributed by atoms with van der Waals surface area (Å²) in [5.41, 5.74) is 0.0145. The summed E-state index contributed by atoms with van der Waals surface area (Å²) >= 11 is 0. The Kier molecular flexibility index (Phi) is 4.03. The number of hydrogen-bond donors (Lipinski definition) is 1. The molecule has 3 saturated carbocycles. The van der Waals surface area contributed by atoms with E-state index in [0.717, 1.165) is 31.4 Å². The van der Waals surface area contributed by atoms with E-state index in [2.05, 4.69) is 15.4 Å². The molecule has 4 aliphatic rings. The molecule has 2 amide bonds. The first-order valence-electron chi connectivity index (χ1n) is 11.2. The van der Waals surface area contributed by atoms with Crippen molar-refractivity contribution in [1.82, 2.24) is 19.5 Å². The Morgan fingerprint density at radius 3 is 2.38 bits per heavy atom. The molecule has 1 aliphatic heterocycles. The molecule has 4 fully saturated rings. The van der Waals surface area contributed by atoms with Gasteiger partial charge in [-0.15, -0.1) is 5.10 Å². The number of carbonyl (C=O) groups is 2. The van der Waals surface area contributed by atoms with Crippen LogP contribution in [-0.4, -0.2) is 56.0 Å². The fraction of sp³-hybridized carbons (Fsp3) is 0.636. The summed E-state index contributed by atoms with van der Waals surface area (Å²) in [7, 11) is 0. The number of alkyl halides is 3. The molecule has 0 radical (unpaired) electrons. The molecule has 1 saturated heterocycles. The minimum atomic E-state index is -2.93. The number of hydrogen-bond acceptors (Lipinski definition) is 4. The van der Waals surface area contributed by atoms with Crippen LogP contribution in [0.15, 0.2) is 18.2 Å². The van der Waals surface area contributed by atoms with Gasteiger partial charge in [0.25, 0.3) is 11.8 Å². The maximum absolute atomic E-state index is 14.0. The molecule has 3 aliphatic carbocycles. The van der Waals surface area contributed by atoms with Gasteiger partial charge in [-0.25, -0.2) is 17.7 Å². The molecule has 10 heteroatoms. The number of likely N-dealkylation sites (tertiary alicyclic amines) is 1. The molecule has 1 spiro atoms. The van der Waals surface area contributed by atoms with E-state index in [1.165, 1.54) is 0 Å². The van der Waals surface area contributed by atoms with E-state index in [-0.39, 0.29) is 23.2 Å². The molecule has 170 valence electrons. The smallest absolute Gasteiger partial charge is 0.260 e. The second-order valence-corrected chi connectivity index (χ2v) is 10.1. The Bertz CT molecular complexity index is 1110. The van der Waals surface area contributed by atoms with Gasteiger partial charge in [0.05, 0.1) is 0 Å². The minimum Gasteiger partial charge on any atom is -0.339 e. The molecular formula is C22H24F3N5O2. The Balaban J connectivity index is 1.12. The zero-order chi connectivity index (χ0) is 22.3. The third-order valence-electron chi connectivity index (χ3n) is 7.64. The average molecular weight is 447 g/mol. The molecule has 1 atom stereocenters. The SMILES string of the molecule is O=C(Nc1nc2cccc(C3CCC4(CC3)CN(C(=O)C3(F)CC3)C4)n2n1)C1CC1(F)F. The van der Waals surface area contributed by atoms with Crippen LogP contribution in [0.1, 0.15) is 56.6 Å². The molecule has 1 unspecified atom stereocenters. The van der Waals surface area contributed by atoms with Gasteiger partial charge in [0.15, 0.2) is 11.3 Å². The van der Waals surface area contributed by atoms with Gasteiger partial charge in [-0.2, -0.15) is 4.98 Å². The van der Waals surface area contributed by atoms with Gasteiger partial charge in [0.1, 0.15) is 5.92 Å². The second kappa shape index (κ2) is 6.45. The fourth-order valence-corrected chi connectivity index (χ4v) is 5.34. The topological polar surface area (TPSA) is 79.6 Å². The van der Waals surface area contributed by atoms with Gasteiger partial charge in [-0.05, 0) is 50.7 Å². The van der Waals surface area contributed by atoms with Crippen LogP contribution in [0.5, 0.6) is 0 Å². The highest BCUT2D eigenvalue weighted by molar-refractivity contribution is 5.94. The van der Waals surface area contributed by atoms with Gasteiger partial charge < -0.3 is 4.90 Å². The van der Waals surface area contributed by atoms with Crippen molar-refractivity contribution in [2.24, 2.45) is 11.3 Å². The average Bonchev–Trinajstić information content (AvgIpc) is 3.58. The van der Waals surface area contributed by atoms with Crippen molar-refractivity contribution >= 4 is 23.4 Å². The van der Waals surface area contributed by atoms with Gasteiger partial charge in [0.2, 0.25) is 11.9 Å². The molecule has 3 heterocycles. The van der Waals surface area contributed by atoms with Crippen molar-refractivity contribution in [2.75, 3.05) is 18.4 Å². The zero-order valence-electron chi connectivity index (χ0n) is 17.5. The van der Waals surface area contributed by atoms with Gasteiger partial charge in [-0.1, -0.05) is 6.07 Å². The maximum Gasteiger partial charge on any atom is 0.260 e. The van der Waals surface area contributed by atoms with Crippen molar-refractivity contribution in [3.05, 3.63) is 23.9 Å². The van der Waals surface area contributed by atoms with E-state index in [0.29, 0.717) is 31.6 Å². The molecule has 2 aromatic heterocycles. The van der Waals surface area contributed by atoms with E-state index in [9.17, 15) is 22.8 Å². The molecule has 32 heavy (non-hydrogen) atoms. The first kappa shape index (κ1) is 20.0. The predicted molar refractivity (Wildman–Crippen MR) is 108 cm³/mol. The minimum absolute atomic E-state index is 0.0332. The Morgan fingerprint density at radius 1 is 1.06 bits per heavy atom. The second-order valence-electron chi connectivity index (χ2n) is 10.1. The molecule has 2 aromatic rings. The molecular weight excluding hydrogens is 423 g/mol. The fourth-order valence-electron chi connectivity index (χ4n) is 5.34. The van der Waals surface area contributed by atoms with Crippen molar-refractivity contribution in [1.29, 1.82) is 0 Å². The van der Waals surface area contributed by atoms with E-state index in [4.69, 9.17) is 0 Å². The molecule has 0 aromatic carbocycles. The van der Waals surface area contributed by atoms with Gasteiger partial charge >= 0.3 is 0 Å². The summed E-state index contributed by atoms with van der Waals surface area (Å²) in [6.07, 6.45) is 4.00. The van der Waals surface area contributed by atoms with Crippen LogP contribution < -0.4 is 5.32 Å². The lowest BCUT2D eigenvalue weighted by atomic mass is 9.65. The van der Waals surface area contributed by atoms with Crippen LogP contribution in [-0.2, 0) is 9.59 Å². The third-order valence-corrected chi connectivity index (χ3v) is 7.64. The Labute approximate surface area is 182 Å². The number of halogens is 3. The number of amides is 2. The first-order chi connectivity index (χ1) is 15.2. The van der Waals surface area contributed by atoms with Crippen LogP contribution in [0.25, 0.3) is 5.65 Å². The van der Waals surface area contributed by atoms with Gasteiger partial charge in [0, 0.05) is 36.5 Å². The summed E-state index contributed by atoms with van der Waals surface area (Å²) in [4.78, 5) is 30.1. The van der Waals surface area contributed by atoms with Crippen LogP contribution in [0, 0.1) is 11.3 Å². The summed E-state index contributed by atoms with van der Waals surface area (Å²) in [6.45, 7) is 1.28. The summed E-state index contributed by atoms with van der Waals surface area (Å²) < 4.78 is 42.0. The Hall–Kier alpha value is -2.65. The summed E-state index contributed by atoms with van der Waals surface area (Å²) in [5, 5.41) is 6.77. The lowest BCUT2D eigenvalue weighted by molar-refractivity contribution is -0.153. The highest BCUT2D eigenvalue weighted by Gasteiger charge is 2.61. The number of pyridine rings is 1. The third kappa shape index (κ3) is 3.17. The zero-order valence-corrected chi connectivity index (χ0v) is 17.5. The molecule has 0 bridgehead atoms. The van der Waals surface area contributed by atoms with Crippen molar-refractivity contribution in [3.8, 4) is 0 Å². The predicted octanol–water partition coefficient (Wildman–Crippen LogP) is 3.31. The monoisotopic (exact) mass is 447 g/mol. The lowest BCUT2D eigenvalue weighted by Crippen LogP contribution is -2.61. The van der Waals surface area contributed by atoms with Crippen molar-refractivity contribution < 1.29 is 22.8 Å². The number of rotatable bonds is 4. The number of fused-ring (bicyclic) bond motifs is 1. The number of carbonyl (C=O) groups excluding carboxylic acids is 2. The largest absolute Gasteiger partial charge is 0.339 e. The number of anilines is 1. The van der Waals surface area contributed by atoms with Crippen LogP contribution in [0.3, 0.4) is 0 Å². The Morgan fingerprint density at radius 2 is 1.75 bits per heavy atom. The summed E-state index contributed by atoms with van der Waals surface area (Å²) in [5.74, 6) is -5.05. The van der Waals surface area contributed by atoms with E-state index >= 15 is 0 Å². The highest BCUT2D eigenvalue weighted by atomic mass is 19.3. The van der Waals surface area contributed by atoms with E-state index < -0.39 is 29.8 Å². The summed E-state index contributed by atoms with van der Waals surface area (Å²) in [6, 6.07) is 5.62. The van der Waals surface area contributed by atoms with E-state index in [1.54, 1.807) is 15.5 Å². The van der Waals surface area contributed by atoms with Crippen molar-refractivity contribution in [3.63, 3.8) is 0 Å². The quantitative estimate of drug-likeness (QED) is 0.780. The van der Waals surface area contributed by atoms with Gasteiger partial charge in [-0.3, -0.25) is 14.9 Å². The van der Waals surface area contributed by atoms with Crippen LogP contribution in [0.2, 0.25) is 0 Å². The standard InChI is InChI=1S/C22H24F3N5O2/c23-21(8-9-21)18(32)29-11-20(12-29)6-4-13(5-7-20)15-2-1-3-16-26-19(28-30(15)16)27-17(31)14-10-22(14,24)25/h1-3,13-14H,4-12H2,(H,27,28,31). The number of nitrogens with zero attached hydrogens (tertiary/aromatic N) is 4. The molecule has 1 N–H and O–H groups in total. The van der Waals surface area contributed by atoms with Crippen molar-refractivity contribution in [2.45, 2.75) is 62.5 Å². The van der Waals surface area contributed by atoms with E-state index in [1.807, 2.05) is 12.1 Å². The van der Waals surface area contributed by atoms with Crippen LogP contribution >= 0.6 is 0 Å². The number of nitrogens with one attached hydrogen (secondary N) is 1.